The van der Waals surface area contributed by atoms with Gasteiger partial charge in [-0.3, -0.25) is 19.0 Å². The predicted molar refractivity (Wildman–Crippen MR) is 74.7 cm³/mol. The standard InChI is InChI=1S/C13H13N3O3S/c17-9-1-4-15(5-2-9)11(18)7-16-8-14-12-10(13(16)19)3-6-20-12/h3,6,8H,1-2,4-5,7H2. The van der Waals surface area contributed by atoms with E-state index in [1.54, 1.807) is 11.0 Å². The lowest BCUT2D eigenvalue weighted by Gasteiger charge is -2.26. The number of hydrogen-bond donors (Lipinski definition) is 0. The molecule has 6 nitrogen and oxygen atoms in total. The van der Waals surface area contributed by atoms with Gasteiger partial charge in [-0.05, 0) is 11.4 Å². The van der Waals surface area contributed by atoms with Gasteiger partial charge in [-0.15, -0.1) is 11.3 Å². The molecule has 1 aliphatic heterocycles. The lowest BCUT2D eigenvalue weighted by molar-refractivity contribution is -0.135. The van der Waals surface area contributed by atoms with Crippen molar-refractivity contribution in [3.8, 4) is 0 Å². The molecule has 2 aromatic heterocycles. The van der Waals surface area contributed by atoms with Crippen LogP contribution in [0.3, 0.4) is 0 Å². The Labute approximate surface area is 118 Å². The number of nitrogens with zero attached hydrogens (tertiary/aromatic N) is 3. The summed E-state index contributed by atoms with van der Waals surface area (Å²) in [5, 5.41) is 2.35. The highest BCUT2D eigenvalue weighted by molar-refractivity contribution is 7.16. The Morgan fingerprint density at radius 3 is 2.80 bits per heavy atom. The van der Waals surface area contributed by atoms with Crippen LogP contribution in [0.4, 0.5) is 0 Å². The minimum absolute atomic E-state index is 0.0220. The first-order valence-electron chi connectivity index (χ1n) is 6.37. The van der Waals surface area contributed by atoms with E-state index in [4.69, 9.17) is 0 Å². The maximum atomic E-state index is 12.2. The van der Waals surface area contributed by atoms with Crippen molar-refractivity contribution in [2.24, 2.45) is 0 Å². The van der Waals surface area contributed by atoms with Gasteiger partial charge in [0, 0.05) is 25.9 Å². The van der Waals surface area contributed by atoms with Gasteiger partial charge in [0.1, 0.15) is 17.2 Å². The molecule has 0 atom stereocenters. The molecule has 3 heterocycles. The van der Waals surface area contributed by atoms with Crippen LogP contribution >= 0.6 is 11.3 Å². The molecule has 0 N–H and O–H groups in total. The van der Waals surface area contributed by atoms with Gasteiger partial charge < -0.3 is 4.90 Å². The molecule has 1 amide bonds. The highest BCUT2D eigenvalue weighted by atomic mass is 32.1. The van der Waals surface area contributed by atoms with Crippen LogP contribution in [0.5, 0.6) is 0 Å². The normalized spacial score (nSPS) is 15.8. The van der Waals surface area contributed by atoms with Gasteiger partial charge in [0.25, 0.3) is 5.56 Å². The number of hydrogen-bond acceptors (Lipinski definition) is 5. The van der Waals surface area contributed by atoms with Crippen molar-refractivity contribution in [1.82, 2.24) is 14.5 Å². The Morgan fingerprint density at radius 2 is 2.05 bits per heavy atom. The summed E-state index contributed by atoms with van der Waals surface area (Å²) in [6.07, 6.45) is 2.22. The number of Topliss-reactive ketones (excluding diaryl/α,β-unsaturated/α-hetero) is 1. The van der Waals surface area contributed by atoms with Gasteiger partial charge in [-0.25, -0.2) is 4.98 Å². The number of likely N-dealkylation sites (tertiary alicyclic amines) is 1. The van der Waals surface area contributed by atoms with Gasteiger partial charge in [0.2, 0.25) is 5.91 Å². The number of ketones is 1. The van der Waals surface area contributed by atoms with Crippen LogP contribution in [-0.2, 0) is 16.1 Å². The Kier molecular flexibility index (Phi) is 3.35. The van der Waals surface area contributed by atoms with Crippen molar-refractivity contribution in [1.29, 1.82) is 0 Å². The van der Waals surface area contributed by atoms with Crippen molar-refractivity contribution in [2.45, 2.75) is 19.4 Å². The van der Waals surface area contributed by atoms with E-state index < -0.39 is 0 Å². The number of thiophene rings is 1. The average molecular weight is 291 g/mol. The van der Waals surface area contributed by atoms with E-state index in [1.807, 2.05) is 5.38 Å². The van der Waals surface area contributed by atoms with E-state index >= 15 is 0 Å². The van der Waals surface area contributed by atoms with Crippen LogP contribution < -0.4 is 5.56 Å². The van der Waals surface area contributed by atoms with Gasteiger partial charge in [-0.1, -0.05) is 0 Å². The van der Waals surface area contributed by atoms with Crippen LogP contribution in [0, 0.1) is 0 Å². The number of carbonyl (C=O) groups is 2. The fraction of sp³-hybridized carbons (Fsp3) is 0.385. The third-order valence-corrected chi connectivity index (χ3v) is 4.25. The van der Waals surface area contributed by atoms with Crippen molar-refractivity contribution in [2.75, 3.05) is 13.1 Å². The van der Waals surface area contributed by atoms with E-state index in [2.05, 4.69) is 4.98 Å². The first kappa shape index (κ1) is 13.0. The molecule has 1 aliphatic rings. The van der Waals surface area contributed by atoms with E-state index in [0.717, 1.165) is 0 Å². The Bertz CT molecular complexity index is 724. The summed E-state index contributed by atoms with van der Waals surface area (Å²) in [5.41, 5.74) is -0.197. The zero-order valence-electron chi connectivity index (χ0n) is 10.7. The highest BCUT2D eigenvalue weighted by Gasteiger charge is 2.21. The molecule has 0 radical (unpaired) electrons. The average Bonchev–Trinajstić information content (AvgIpc) is 2.92. The molecule has 0 spiro atoms. The minimum atomic E-state index is -0.197. The van der Waals surface area contributed by atoms with Crippen molar-refractivity contribution in [3.05, 3.63) is 28.1 Å². The minimum Gasteiger partial charge on any atom is -0.340 e. The van der Waals surface area contributed by atoms with E-state index in [0.29, 0.717) is 36.1 Å². The summed E-state index contributed by atoms with van der Waals surface area (Å²) in [6.45, 7) is 0.868. The lowest BCUT2D eigenvalue weighted by Crippen LogP contribution is -2.41. The highest BCUT2D eigenvalue weighted by Crippen LogP contribution is 2.13. The molecule has 7 heteroatoms. The number of piperidine rings is 1. The quantitative estimate of drug-likeness (QED) is 0.814. The molecular weight excluding hydrogens is 278 g/mol. The number of rotatable bonds is 2. The lowest BCUT2D eigenvalue weighted by atomic mass is 10.1. The third kappa shape index (κ3) is 2.36. The van der Waals surface area contributed by atoms with Crippen LogP contribution in [0.25, 0.3) is 10.2 Å². The van der Waals surface area contributed by atoms with Crippen LogP contribution in [0.1, 0.15) is 12.8 Å². The largest absolute Gasteiger partial charge is 0.340 e. The smallest absolute Gasteiger partial charge is 0.262 e. The summed E-state index contributed by atoms with van der Waals surface area (Å²) in [6, 6.07) is 1.72. The number of carbonyl (C=O) groups excluding carboxylic acids is 2. The first-order chi connectivity index (χ1) is 9.65. The van der Waals surface area contributed by atoms with Gasteiger partial charge >= 0.3 is 0 Å². The topological polar surface area (TPSA) is 72.3 Å². The maximum Gasteiger partial charge on any atom is 0.262 e. The summed E-state index contributed by atoms with van der Waals surface area (Å²) >= 11 is 1.40. The molecule has 3 rings (SSSR count). The van der Waals surface area contributed by atoms with Gasteiger partial charge in [-0.2, -0.15) is 0 Å². The van der Waals surface area contributed by atoms with Crippen LogP contribution in [0.2, 0.25) is 0 Å². The Hall–Kier alpha value is -2.02. The molecular formula is C13H13N3O3S. The van der Waals surface area contributed by atoms with E-state index in [1.165, 1.54) is 22.2 Å². The van der Waals surface area contributed by atoms with Crippen LogP contribution in [-0.4, -0.2) is 39.2 Å². The second kappa shape index (κ2) is 5.16. The number of aromatic nitrogens is 2. The number of amides is 1. The molecule has 20 heavy (non-hydrogen) atoms. The monoisotopic (exact) mass is 291 g/mol. The second-order valence-corrected chi connectivity index (χ2v) is 5.63. The van der Waals surface area contributed by atoms with Crippen molar-refractivity contribution >= 4 is 33.2 Å². The zero-order valence-corrected chi connectivity index (χ0v) is 11.6. The Balaban J connectivity index is 1.79. The summed E-state index contributed by atoms with van der Waals surface area (Å²) in [5.74, 6) is 0.0450. The summed E-state index contributed by atoms with van der Waals surface area (Å²) in [7, 11) is 0. The summed E-state index contributed by atoms with van der Waals surface area (Å²) in [4.78, 5) is 41.9. The van der Waals surface area contributed by atoms with Crippen LogP contribution in [0.15, 0.2) is 22.6 Å². The molecule has 0 saturated carbocycles. The van der Waals surface area contributed by atoms with Crippen molar-refractivity contribution in [3.63, 3.8) is 0 Å². The summed E-state index contributed by atoms with van der Waals surface area (Å²) < 4.78 is 1.33. The molecule has 0 bridgehead atoms. The molecule has 2 aromatic rings. The molecule has 104 valence electrons. The fourth-order valence-corrected chi connectivity index (χ4v) is 2.98. The van der Waals surface area contributed by atoms with E-state index in [9.17, 15) is 14.4 Å². The zero-order chi connectivity index (χ0) is 14.1. The van der Waals surface area contributed by atoms with Gasteiger partial charge in [0.05, 0.1) is 11.7 Å². The molecule has 0 aromatic carbocycles. The molecule has 1 fully saturated rings. The predicted octanol–water partition coefficient (Wildman–Crippen LogP) is 0.649. The Morgan fingerprint density at radius 1 is 1.30 bits per heavy atom. The third-order valence-electron chi connectivity index (χ3n) is 3.43. The molecule has 1 saturated heterocycles. The molecule has 0 unspecified atom stereocenters. The van der Waals surface area contributed by atoms with Gasteiger partial charge in [0.15, 0.2) is 0 Å². The van der Waals surface area contributed by atoms with E-state index in [-0.39, 0.29) is 23.8 Å². The SMILES string of the molecule is O=C1CCN(C(=O)Cn2cnc3sccc3c2=O)CC1. The number of fused-ring (bicyclic) bond motifs is 1. The fourth-order valence-electron chi connectivity index (χ4n) is 2.26. The first-order valence-corrected chi connectivity index (χ1v) is 7.25. The van der Waals surface area contributed by atoms with Crippen molar-refractivity contribution < 1.29 is 9.59 Å². The molecule has 0 aliphatic carbocycles. The maximum absolute atomic E-state index is 12.2. The second-order valence-electron chi connectivity index (χ2n) is 4.74.